The molecule has 3 atom stereocenters. The van der Waals surface area contributed by atoms with Gasteiger partial charge in [-0.2, -0.15) is 0 Å². The van der Waals surface area contributed by atoms with E-state index in [4.69, 9.17) is 4.74 Å². The van der Waals surface area contributed by atoms with Gasteiger partial charge >= 0.3 is 6.03 Å². The minimum absolute atomic E-state index is 0.0663. The zero-order chi connectivity index (χ0) is 26.7. The van der Waals surface area contributed by atoms with Crippen molar-refractivity contribution >= 4 is 22.8 Å². The van der Waals surface area contributed by atoms with Crippen molar-refractivity contribution in [3.8, 4) is 5.75 Å². The SMILES string of the molecule is COc1ccc2[nH]c3c(c2c1F)C[C@@]1(C)C(=O)N(CCCNC(C)(C)C)C(=O)N1[C@@H]3C1=CC(O)CC=C1. The van der Waals surface area contributed by atoms with Crippen LogP contribution in [0.5, 0.6) is 5.75 Å². The molecule has 0 saturated carbocycles. The highest BCUT2D eigenvalue weighted by Gasteiger charge is 2.60. The predicted octanol–water partition coefficient (Wildman–Crippen LogP) is 3.96. The third-order valence-corrected chi connectivity index (χ3v) is 7.55. The summed E-state index contributed by atoms with van der Waals surface area (Å²) < 4.78 is 20.8. The van der Waals surface area contributed by atoms with Crippen LogP contribution in [0.2, 0.25) is 0 Å². The molecule has 9 heteroatoms. The number of hydrogen-bond acceptors (Lipinski definition) is 5. The summed E-state index contributed by atoms with van der Waals surface area (Å²) in [6.07, 6.45) is 6.01. The van der Waals surface area contributed by atoms with E-state index < -0.39 is 23.5 Å². The summed E-state index contributed by atoms with van der Waals surface area (Å²) in [4.78, 5) is 34.0. The highest BCUT2D eigenvalue weighted by atomic mass is 19.1. The van der Waals surface area contributed by atoms with Crippen LogP contribution in [0.15, 0.2) is 35.9 Å². The molecule has 8 nitrogen and oxygen atoms in total. The number of aromatic amines is 1. The average Bonchev–Trinajstić information content (AvgIpc) is 3.28. The normalized spacial score (nSPS) is 25.5. The third-order valence-electron chi connectivity index (χ3n) is 7.55. The number of aromatic nitrogens is 1. The zero-order valence-electron chi connectivity index (χ0n) is 22.0. The van der Waals surface area contributed by atoms with E-state index in [9.17, 15) is 14.7 Å². The van der Waals surface area contributed by atoms with E-state index in [2.05, 4.69) is 31.1 Å². The number of rotatable bonds is 6. The number of fused-ring (bicyclic) bond motifs is 4. The van der Waals surface area contributed by atoms with Gasteiger partial charge in [0.05, 0.1) is 13.2 Å². The molecule has 37 heavy (non-hydrogen) atoms. The molecule has 1 unspecified atom stereocenters. The van der Waals surface area contributed by atoms with Gasteiger partial charge in [0.15, 0.2) is 11.6 Å². The van der Waals surface area contributed by atoms with Crippen LogP contribution in [0.3, 0.4) is 0 Å². The summed E-state index contributed by atoms with van der Waals surface area (Å²) in [5.41, 5.74) is 1.31. The summed E-state index contributed by atoms with van der Waals surface area (Å²) in [5, 5.41) is 14.2. The number of nitrogens with zero attached hydrogens (tertiary/aromatic N) is 2. The largest absolute Gasteiger partial charge is 0.494 e. The molecule has 1 aromatic carbocycles. The van der Waals surface area contributed by atoms with Gasteiger partial charge in [0.1, 0.15) is 11.6 Å². The van der Waals surface area contributed by atoms with Gasteiger partial charge in [-0.1, -0.05) is 18.2 Å². The molecule has 1 fully saturated rings. The first kappa shape index (κ1) is 25.5. The number of nitrogens with one attached hydrogen (secondary N) is 2. The first-order chi connectivity index (χ1) is 17.5. The quantitative estimate of drug-likeness (QED) is 0.404. The topological polar surface area (TPSA) is 97.9 Å². The Morgan fingerprint density at radius 2 is 2.05 bits per heavy atom. The molecule has 3 N–H and O–H groups in total. The minimum Gasteiger partial charge on any atom is -0.494 e. The maximum absolute atomic E-state index is 15.5. The molecule has 1 saturated heterocycles. The number of amides is 3. The van der Waals surface area contributed by atoms with E-state index in [1.54, 1.807) is 30.0 Å². The fourth-order valence-electron chi connectivity index (χ4n) is 5.82. The molecule has 3 amide bonds. The van der Waals surface area contributed by atoms with Gasteiger partial charge < -0.3 is 20.1 Å². The number of halogens is 1. The molecule has 1 aromatic heterocycles. The average molecular weight is 511 g/mol. The maximum Gasteiger partial charge on any atom is 0.328 e. The van der Waals surface area contributed by atoms with Gasteiger partial charge in [0, 0.05) is 35.1 Å². The Hall–Kier alpha value is -3.17. The van der Waals surface area contributed by atoms with E-state index in [0.717, 1.165) is 0 Å². The maximum atomic E-state index is 15.5. The van der Waals surface area contributed by atoms with E-state index in [0.29, 0.717) is 47.1 Å². The second kappa shape index (κ2) is 8.99. The lowest BCUT2D eigenvalue weighted by Crippen LogP contribution is -2.53. The number of urea groups is 1. The van der Waals surface area contributed by atoms with Crippen molar-refractivity contribution in [2.24, 2.45) is 0 Å². The van der Waals surface area contributed by atoms with Crippen molar-refractivity contribution < 1.29 is 23.8 Å². The number of imide groups is 1. The molecule has 3 heterocycles. The highest BCUT2D eigenvalue weighted by Crippen LogP contribution is 2.50. The number of benzene rings is 1. The van der Waals surface area contributed by atoms with Crippen molar-refractivity contribution in [1.29, 1.82) is 0 Å². The van der Waals surface area contributed by atoms with E-state index in [1.165, 1.54) is 12.0 Å². The Kier molecular flexibility index (Phi) is 6.19. The van der Waals surface area contributed by atoms with Gasteiger partial charge in [-0.05, 0) is 70.4 Å². The first-order valence-corrected chi connectivity index (χ1v) is 12.8. The summed E-state index contributed by atoms with van der Waals surface area (Å²) in [6.45, 7) is 8.91. The number of methoxy groups -OCH3 is 1. The van der Waals surface area contributed by atoms with Crippen molar-refractivity contribution in [3.63, 3.8) is 0 Å². The van der Waals surface area contributed by atoms with Crippen molar-refractivity contribution in [1.82, 2.24) is 20.1 Å². The molecule has 2 aliphatic heterocycles. The van der Waals surface area contributed by atoms with Crippen molar-refractivity contribution in [2.75, 3.05) is 20.2 Å². The van der Waals surface area contributed by atoms with Gasteiger partial charge in [0.25, 0.3) is 5.91 Å². The Balaban J connectivity index is 1.60. The number of hydrogen-bond donors (Lipinski definition) is 3. The Morgan fingerprint density at radius 1 is 1.30 bits per heavy atom. The van der Waals surface area contributed by atoms with Crippen LogP contribution >= 0.6 is 0 Å². The zero-order valence-corrected chi connectivity index (χ0v) is 22.0. The molecule has 2 aromatic rings. The number of ether oxygens (including phenoxy) is 1. The first-order valence-electron chi connectivity index (χ1n) is 12.8. The van der Waals surface area contributed by atoms with E-state index >= 15 is 4.39 Å². The number of aliphatic hydroxyl groups is 1. The van der Waals surface area contributed by atoms with Crippen LogP contribution in [0.25, 0.3) is 10.9 Å². The standard InChI is InChI=1S/C28H35FN4O4/c1-27(2,3)30-12-7-13-32-25(35)28(4)15-18-21-19(10-11-20(37-5)22(21)29)31-23(18)24(33(28)26(32)36)16-8-6-9-17(34)14-16/h6,8,10-11,14,17,24,30-31,34H,7,9,12-13,15H2,1-5H3/t17?,24-,28+/m1/s1. The number of carbonyl (C=O) groups is 2. The van der Waals surface area contributed by atoms with Crippen LogP contribution in [0.1, 0.15) is 57.8 Å². The van der Waals surface area contributed by atoms with Gasteiger partial charge in [-0.3, -0.25) is 14.6 Å². The van der Waals surface area contributed by atoms with Gasteiger partial charge in [-0.15, -0.1) is 0 Å². The van der Waals surface area contributed by atoms with Gasteiger partial charge in [-0.25, -0.2) is 9.18 Å². The molecule has 5 rings (SSSR count). The number of aliphatic hydroxyl groups excluding tert-OH is 1. The molecular formula is C28H35FN4O4. The van der Waals surface area contributed by atoms with Crippen molar-refractivity contribution in [3.05, 3.63) is 53.0 Å². The molecule has 3 aliphatic rings. The Bertz CT molecular complexity index is 1320. The summed E-state index contributed by atoms with van der Waals surface area (Å²) in [5.74, 6) is -0.668. The second-order valence-corrected chi connectivity index (χ2v) is 11.4. The molecule has 1 aliphatic carbocycles. The fraction of sp³-hybridized carbons (Fsp3) is 0.500. The lowest BCUT2D eigenvalue weighted by atomic mass is 9.80. The van der Waals surface area contributed by atoms with Crippen LogP contribution in [0.4, 0.5) is 9.18 Å². The highest BCUT2D eigenvalue weighted by molar-refractivity contribution is 6.08. The van der Waals surface area contributed by atoms with E-state index in [1.807, 2.05) is 12.2 Å². The number of carbonyl (C=O) groups excluding carboxylic acids is 2. The lowest BCUT2D eigenvalue weighted by Gasteiger charge is -2.43. The molecule has 198 valence electrons. The van der Waals surface area contributed by atoms with Crippen LogP contribution in [-0.4, -0.2) is 69.2 Å². The predicted molar refractivity (Wildman–Crippen MR) is 139 cm³/mol. The van der Waals surface area contributed by atoms with Crippen molar-refractivity contribution in [2.45, 2.75) is 70.2 Å². The third kappa shape index (κ3) is 4.14. The lowest BCUT2D eigenvalue weighted by molar-refractivity contribution is -0.133. The Labute approximate surface area is 216 Å². The van der Waals surface area contributed by atoms with Crippen LogP contribution in [0, 0.1) is 5.82 Å². The van der Waals surface area contributed by atoms with Gasteiger partial charge in [0.2, 0.25) is 0 Å². The van der Waals surface area contributed by atoms with E-state index in [-0.39, 0.29) is 36.2 Å². The van der Waals surface area contributed by atoms with Crippen LogP contribution < -0.4 is 10.1 Å². The molecule has 0 bridgehead atoms. The number of H-pyrrole nitrogens is 1. The summed E-state index contributed by atoms with van der Waals surface area (Å²) in [6, 6.07) is 2.26. The fourth-order valence-corrected chi connectivity index (χ4v) is 5.82. The minimum atomic E-state index is -1.20. The Morgan fingerprint density at radius 3 is 2.73 bits per heavy atom. The molecule has 0 spiro atoms. The summed E-state index contributed by atoms with van der Waals surface area (Å²) in [7, 11) is 1.42. The molecular weight excluding hydrogens is 475 g/mol. The molecule has 0 radical (unpaired) electrons. The monoisotopic (exact) mass is 510 g/mol. The van der Waals surface area contributed by atoms with Crippen LogP contribution in [-0.2, 0) is 11.2 Å². The summed E-state index contributed by atoms with van der Waals surface area (Å²) >= 11 is 0. The smallest absolute Gasteiger partial charge is 0.328 e. The second-order valence-electron chi connectivity index (χ2n) is 11.4.